The molecule has 0 N–H and O–H groups in total. The number of aryl methyl sites for hydroxylation is 1. The second kappa shape index (κ2) is 8.47. The highest BCUT2D eigenvalue weighted by Gasteiger charge is 2.32. The number of aldehydes is 1. The van der Waals surface area contributed by atoms with E-state index in [1.54, 1.807) is 6.92 Å². The van der Waals surface area contributed by atoms with Crippen LogP contribution in [0.3, 0.4) is 0 Å². The van der Waals surface area contributed by atoms with Crippen LogP contribution in [-0.4, -0.2) is 16.3 Å². The van der Waals surface area contributed by atoms with E-state index in [1.165, 1.54) is 12.3 Å². The van der Waals surface area contributed by atoms with Crippen LogP contribution in [0.15, 0.2) is 47.6 Å². The summed E-state index contributed by atoms with van der Waals surface area (Å²) in [5.41, 5.74) is -0.971. The molecule has 0 aliphatic carbocycles. The molecule has 3 nitrogen and oxygen atoms in total. The van der Waals surface area contributed by atoms with Gasteiger partial charge in [-0.15, -0.1) is 11.8 Å². The van der Waals surface area contributed by atoms with Crippen LogP contribution in [0.4, 0.5) is 26.3 Å². The summed E-state index contributed by atoms with van der Waals surface area (Å²) in [6.45, 7) is 1.57. The Balaban J connectivity index is 2.12. The van der Waals surface area contributed by atoms with Crippen molar-refractivity contribution >= 4 is 18.0 Å². The van der Waals surface area contributed by atoms with Gasteiger partial charge in [-0.05, 0) is 48.4 Å². The van der Waals surface area contributed by atoms with Gasteiger partial charge in [0.05, 0.1) is 5.25 Å². The van der Waals surface area contributed by atoms with Crippen LogP contribution in [0.2, 0.25) is 0 Å². The molecule has 0 amide bonds. The van der Waals surface area contributed by atoms with Crippen molar-refractivity contribution in [2.24, 2.45) is 0 Å². The van der Waals surface area contributed by atoms with Crippen LogP contribution in [0.5, 0.6) is 0 Å². The van der Waals surface area contributed by atoms with Crippen molar-refractivity contribution in [1.82, 2.24) is 9.97 Å². The molecule has 2 heterocycles. The molecule has 3 aromatic rings. The molecule has 0 spiro atoms. The lowest BCUT2D eigenvalue weighted by molar-refractivity contribution is -0.141. The minimum Gasteiger partial charge on any atom is -0.296 e. The van der Waals surface area contributed by atoms with Crippen LogP contribution in [0, 0.1) is 24.4 Å². The first-order chi connectivity index (χ1) is 14.1. The zero-order chi connectivity index (χ0) is 22.1. The van der Waals surface area contributed by atoms with E-state index in [1.807, 2.05) is 0 Å². The maximum absolute atomic E-state index is 14.5. The third-order valence-corrected chi connectivity index (χ3v) is 5.44. The highest BCUT2D eigenvalue weighted by atomic mass is 32.2. The molecular formula is C20H12F6N2OS. The monoisotopic (exact) mass is 442 g/mol. The first-order valence-corrected chi connectivity index (χ1v) is 9.24. The number of carbonyl (C=O) groups excluding carboxylic acids is 1. The van der Waals surface area contributed by atoms with E-state index in [4.69, 9.17) is 0 Å². The lowest BCUT2D eigenvalue weighted by Crippen LogP contribution is -2.09. The molecule has 10 heteroatoms. The number of alkyl halides is 3. The van der Waals surface area contributed by atoms with Crippen molar-refractivity contribution < 1.29 is 31.1 Å². The number of halogens is 6. The summed E-state index contributed by atoms with van der Waals surface area (Å²) in [6.07, 6.45) is -2.02. The molecule has 1 aromatic carbocycles. The molecule has 1 atom stereocenters. The summed E-state index contributed by atoms with van der Waals surface area (Å²) in [5.74, 6) is -3.74. The highest BCUT2D eigenvalue weighted by Crippen LogP contribution is 2.44. The third-order valence-electron chi connectivity index (χ3n) is 4.20. The maximum atomic E-state index is 14.5. The summed E-state index contributed by atoms with van der Waals surface area (Å²) < 4.78 is 81.1. The summed E-state index contributed by atoms with van der Waals surface area (Å²) >= 11 is 0.774. The van der Waals surface area contributed by atoms with Gasteiger partial charge in [0.2, 0.25) is 0 Å². The summed E-state index contributed by atoms with van der Waals surface area (Å²) in [4.78, 5) is 18.3. The fraction of sp³-hybridized carbons (Fsp3) is 0.150. The van der Waals surface area contributed by atoms with Gasteiger partial charge in [0.1, 0.15) is 17.2 Å². The fourth-order valence-electron chi connectivity index (χ4n) is 2.74. The van der Waals surface area contributed by atoms with Crippen LogP contribution >= 0.6 is 11.8 Å². The zero-order valence-electron chi connectivity index (χ0n) is 15.2. The molecule has 156 valence electrons. The topological polar surface area (TPSA) is 42.9 Å². The molecule has 0 saturated carbocycles. The predicted octanol–water partition coefficient (Wildman–Crippen LogP) is 5.92. The van der Waals surface area contributed by atoms with Crippen molar-refractivity contribution in [3.8, 4) is 0 Å². The van der Waals surface area contributed by atoms with E-state index in [0.29, 0.717) is 17.9 Å². The molecule has 30 heavy (non-hydrogen) atoms. The molecule has 0 fully saturated rings. The van der Waals surface area contributed by atoms with E-state index in [9.17, 15) is 31.1 Å². The largest absolute Gasteiger partial charge is 0.433 e. The maximum Gasteiger partial charge on any atom is 0.433 e. The predicted molar refractivity (Wildman–Crippen MR) is 97.6 cm³/mol. The van der Waals surface area contributed by atoms with E-state index in [0.717, 1.165) is 36.2 Å². The minimum atomic E-state index is -4.64. The van der Waals surface area contributed by atoms with E-state index >= 15 is 0 Å². The minimum absolute atomic E-state index is 0.0800. The van der Waals surface area contributed by atoms with Gasteiger partial charge >= 0.3 is 6.18 Å². The van der Waals surface area contributed by atoms with Crippen LogP contribution in [0.25, 0.3) is 0 Å². The number of thioether (sulfide) groups is 1. The molecular weight excluding hydrogens is 430 g/mol. The molecule has 0 saturated heterocycles. The summed E-state index contributed by atoms with van der Waals surface area (Å²) in [6, 6.07) is 4.62. The number of aromatic nitrogens is 2. The third kappa shape index (κ3) is 4.48. The number of hydrogen-bond donors (Lipinski definition) is 0. The Kier molecular flexibility index (Phi) is 6.16. The van der Waals surface area contributed by atoms with Gasteiger partial charge in [0.25, 0.3) is 0 Å². The van der Waals surface area contributed by atoms with Crippen molar-refractivity contribution in [1.29, 1.82) is 0 Å². The lowest BCUT2D eigenvalue weighted by atomic mass is 10.00. The SMILES string of the molecule is Cc1cc(C=O)ncc1C(Sc1ccc(C(F)(F)F)nc1)c1c(F)ccc(F)c1F. The molecule has 0 aliphatic rings. The van der Waals surface area contributed by atoms with Gasteiger partial charge in [-0.1, -0.05) is 0 Å². The average molecular weight is 442 g/mol. The smallest absolute Gasteiger partial charge is 0.296 e. The standard InChI is InChI=1S/C20H12F6N2OS/c1-10-6-11(9-29)27-8-13(10)19(17-14(21)3-4-15(22)18(17)23)30-12-2-5-16(28-7-12)20(24,25)26/h2-9,19H,1H3. The van der Waals surface area contributed by atoms with Crippen LogP contribution in [0.1, 0.15) is 38.1 Å². The van der Waals surface area contributed by atoms with Crippen molar-refractivity contribution in [3.63, 3.8) is 0 Å². The second-order valence-electron chi connectivity index (χ2n) is 6.22. The van der Waals surface area contributed by atoms with Gasteiger partial charge in [-0.3, -0.25) is 14.8 Å². The van der Waals surface area contributed by atoms with Crippen molar-refractivity contribution in [2.75, 3.05) is 0 Å². The quantitative estimate of drug-likeness (QED) is 0.213. The number of rotatable bonds is 5. The first-order valence-electron chi connectivity index (χ1n) is 8.37. The first kappa shape index (κ1) is 21.8. The van der Waals surface area contributed by atoms with Crippen LogP contribution < -0.4 is 0 Å². The van der Waals surface area contributed by atoms with Gasteiger partial charge < -0.3 is 0 Å². The number of carbonyl (C=O) groups is 1. The van der Waals surface area contributed by atoms with E-state index in [2.05, 4.69) is 9.97 Å². The van der Waals surface area contributed by atoms with Gasteiger partial charge in [-0.25, -0.2) is 13.2 Å². The molecule has 0 radical (unpaired) electrons. The van der Waals surface area contributed by atoms with Gasteiger partial charge in [-0.2, -0.15) is 13.2 Å². The Bertz CT molecular complexity index is 1090. The highest BCUT2D eigenvalue weighted by molar-refractivity contribution is 7.99. The molecule has 1 unspecified atom stereocenters. The number of hydrogen-bond acceptors (Lipinski definition) is 4. The second-order valence-corrected chi connectivity index (χ2v) is 7.39. The molecule has 2 aromatic heterocycles. The molecule has 0 aliphatic heterocycles. The van der Waals surface area contributed by atoms with Gasteiger partial charge in [0.15, 0.2) is 17.9 Å². The number of nitrogens with zero attached hydrogens (tertiary/aromatic N) is 2. The Hall–Kier alpha value is -2.88. The number of pyridine rings is 2. The Labute approximate surface area is 171 Å². The van der Waals surface area contributed by atoms with E-state index < -0.39 is 40.1 Å². The molecule has 0 bridgehead atoms. The lowest BCUT2D eigenvalue weighted by Gasteiger charge is -2.21. The Morgan fingerprint density at radius 1 is 1.00 bits per heavy atom. The number of benzene rings is 1. The fourth-order valence-corrected chi connectivity index (χ4v) is 3.98. The van der Waals surface area contributed by atoms with E-state index in [-0.39, 0.29) is 16.2 Å². The van der Waals surface area contributed by atoms with Crippen LogP contribution in [-0.2, 0) is 6.18 Å². The summed E-state index contributed by atoms with van der Waals surface area (Å²) in [5, 5.41) is -1.20. The van der Waals surface area contributed by atoms with Crippen molar-refractivity contribution in [3.05, 3.63) is 88.3 Å². The van der Waals surface area contributed by atoms with Crippen molar-refractivity contribution in [2.45, 2.75) is 23.2 Å². The van der Waals surface area contributed by atoms with Gasteiger partial charge in [0, 0.05) is 22.9 Å². The average Bonchev–Trinajstić information content (AvgIpc) is 2.70. The normalized spacial score (nSPS) is 12.6. The zero-order valence-corrected chi connectivity index (χ0v) is 16.0. The molecule has 3 rings (SSSR count). The Morgan fingerprint density at radius 3 is 2.27 bits per heavy atom. The Morgan fingerprint density at radius 2 is 1.70 bits per heavy atom. The summed E-state index contributed by atoms with van der Waals surface area (Å²) in [7, 11) is 0.